The largest absolute Gasteiger partial charge is 0.381 e. The Bertz CT molecular complexity index is 392. The van der Waals surface area contributed by atoms with E-state index in [1.54, 1.807) is 0 Å². The van der Waals surface area contributed by atoms with Crippen LogP contribution in [0.4, 0.5) is 5.69 Å². The second kappa shape index (κ2) is 7.09. The Kier molecular flexibility index (Phi) is 4.93. The molecule has 3 heteroatoms. The number of nitrogens with one attached hydrogen (secondary N) is 1. The lowest BCUT2D eigenvalue weighted by Crippen LogP contribution is -2.34. The topological polar surface area (TPSA) is 24.5 Å². The van der Waals surface area contributed by atoms with Gasteiger partial charge in [-0.25, -0.2) is 0 Å². The maximum absolute atomic E-state index is 5.39. The number of anilines is 1. The molecule has 0 amide bonds. The summed E-state index contributed by atoms with van der Waals surface area (Å²) in [6.07, 6.45) is 6.36. The van der Waals surface area contributed by atoms with Gasteiger partial charge in [0.2, 0.25) is 0 Å². The van der Waals surface area contributed by atoms with Gasteiger partial charge in [0.05, 0.1) is 0 Å². The predicted octanol–water partition coefficient (Wildman–Crippen LogP) is 2.95. The summed E-state index contributed by atoms with van der Waals surface area (Å²) in [7, 11) is 0. The Hall–Kier alpha value is -1.06. The van der Waals surface area contributed by atoms with Crippen molar-refractivity contribution in [2.75, 3.05) is 31.2 Å². The van der Waals surface area contributed by atoms with Crippen LogP contribution in [0.2, 0.25) is 0 Å². The number of nitrogens with zero attached hydrogens (tertiary/aromatic N) is 1. The van der Waals surface area contributed by atoms with E-state index in [-0.39, 0.29) is 0 Å². The summed E-state index contributed by atoms with van der Waals surface area (Å²) in [6.45, 7) is 5.24. The molecule has 0 aliphatic carbocycles. The molecule has 20 heavy (non-hydrogen) atoms. The molecule has 2 aliphatic rings. The molecule has 0 saturated carbocycles. The third-order valence-electron chi connectivity index (χ3n) is 4.47. The third-order valence-corrected chi connectivity index (χ3v) is 4.47. The third kappa shape index (κ3) is 3.74. The molecule has 0 atom stereocenters. The number of hydrogen-bond acceptors (Lipinski definition) is 3. The molecule has 3 rings (SSSR count). The molecule has 1 aromatic carbocycles. The fourth-order valence-electron chi connectivity index (χ4n) is 3.14. The van der Waals surface area contributed by atoms with Crippen LogP contribution >= 0.6 is 0 Å². The van der Waals surface area contributed by atoms with E-state index in [0.29, 0.717) is 6.04 Å². The van der Waals surface area contributed by atoms with Crippen LogP contribution in [0.3, 0.4) is 0 Å². The summed E-state index contributed by atoms with van der Waals surface area (Å²) in [6, 6.07) is 9.75. The maximum Gasteiger partial charge on any atom is 0.0480 e. The molecular formula is C17H26N2O. The van der Waals surface area contributed by atoms with Crippen LogP contribution in [0.15, 0.2) is 24.3 Å². The Labute approximate surface area is 122 Å². The van der Waals surface area contributed by atoms with Gasteiger partial charge in [0, 0.05) is 44.6 Å². The van der Waals surface area contributed by atoms with Crippen LogP contribution < -0.4 is 10.2 Å². The van der Waals surface area contributed by atoms with Crippen molar-refractivity contribution in [1.82, 2.24) is 5.32 Å². The van der Waals surface area contributed by atoms with Crippen LogP contribution in [0.5, 0.6) is 0 Å². The highest BCUT2D eigenvalue weighted by atomic mass is 16.5. The summed E-state index contributed by atoms with van der Waals surface area (Å²) in [4.78, 5) is 2.51. The second-order valence-electron chi connectivity index (χ2n) is 5.98. The molecule has 0 aromatic heterocycles. The first kappa shape index (κ1) is 13.9. The Morgan fingerprint density at radius 3 is 2.40 bits per heavy atom. The Morgan fingerprint density at radius 2 is 1.70 bits per heavy atom. The van der Waals surface area contributed by atoms with Crippen LogP contribution in [-0.2, 0) is 11.3 Å². The summed E-state index contributed by atoms with van der Waals surface area (Å²) < 4.78 is 5.39. The molecule has 0 radical (unpaired) electrons. The average Bonchev–Trinajstić information content (AvgIpc) is 2.55. The van der Waals surface area contributed by atoms with Gasteiger partial charge < -0.3 is 15.0 Å². The van der Waals surface area contributed by atoms with Gasteiger partial charge in [0.1, 0.15) is 0 Å². The number of piperidine rings is 1. The van der Waals surface area contributed by atoms with Crippen molar-refractivity contribution in [1.29, 1.82) is 0 Å². The minimum absolute atomic E-state index is 0.630. The first-order valence-corrected chi connectivity index (χ1v) is 8.07. The maximum atomic E-state index is 5.39. The lowest BCUT2D eigenvalue weighted by molar-refractivity contribution is 0.0776. The minimum Gasteiger partial charge on any atom is -0.381 e. The molecule has 0 unspecified atom stereocenters. The number of benzene rings is 1. The summed E-state index contributed by atoms with van der Waals surface area (Å²) in [5, 5.41) is 3.64. The van der Waals surface area contributed by atoms with Crippen molar-refractivity contribution in [3.8, 4) is 0 Å². The van der Waals surface area contributed by atoms with Crippen molar-refractivity contribution in [2.24, 2.45) is 0 Å². The zero-order valence-corrected chi connectivity index (χ0v) is 12.3. The lowest BCUT2D eigenvalue weighted by Gasteiger charge is -2.29. The van der Waals surface area contributed by atoms with Gasteiger partial charge in [-0.15, -0.1) is 0 Å². The van der Waals surface area contributed by atoms with E-state index in [0.717, 1.165) is 32.6 Å². The molecule has 1 N–H and O–H groups in total. The first-order chi connectivity index (χ1) is 9.92. The molecule has 0 spiro atoms. The normalized spacial score (nSPS) is 21.1. The highest BCUT2D eigenvalue weighted by molar-refractivity contribution is 5.47. The fraction of sp³-hybridized carbons (Fsp3) is 0.647. The van der Waals surface area contributed by atoms with E-state index >= 15 is 0 Å². The summed E-state index contributed by atoms with van der Waals surface area (Å²) in [5.41, 5.74) is 2.77. The van der Waals surface area contributed by atoms with E-state index in [2.05, 4.69) is 34.5 Å². The van der Waals surface area contributed by atoms with Crippen molar-refractivity contribution < 1.29 is 4.74 Å². The van der Waals surface area contributed by atoms with Gasteiger partial charge in [-0.3, -0.25) is 0 Å². The van der Waals surface area contributed by atoms with Crippen LogP contribution in [-0.4, -0.2) is 32.3 Å². The standard InChI is InChI=1S/C17H26N2O/c1-2-10-19(11-3-1)17-6-4-15(5-7-17)14-18-16-8-12-20-13-9-16/h4-7,16,18H,1-3,8-14H2. The van der Waals surface area contributed by atoms with Gasteiger partial charge in [-0.1, -0.05) is 12.1 Å². The Morgan fingerprint density at radius 1 is 1.00 bits per heavy atom. The molecule has 2 aliphatic heterocycles. The molecule has 3 nitrogen and oxygen atoms in total. The second-order valence-corrected chi connectivity index (χ2v) is 5.98. The predicted molar refractivity (Wildman–Crippen MR) is 83.2 cm³/mol. The summed E-state index contributed by atoms with van der Waals surface area (Å²) >= 11 is 0. The molecule has 2 fully saturated rings. The minimum atomic E-state index is 0.630. The highest BCUT2D eigenvalue weighted by Gasteiger charge is 2.13. The van der Waals surface area contributed by atoms with Gasteiger partial charge in [-0.2, -0.15) is 0 Å². The monoisotopic (exact) mass is 274 g/mol. The summed E-state index contributed by atoms with van der Waals surface area (Å²) in [5.74, 6) is 0. The molecule has 1 aromatic rings. The Balaban J connectivity index is 1.50. The van der Waals surface area contributed by atoms with E-state index in [1.807, 2.05) is 0 Å². The number of ether oxygens (including phenoxy) is 1. The van der Waals surface area contributed by atoms with Crippen molar-refractivity contribution in [3.05, 3.63) is 29.8 Å². The number of rotatable bonds is 4. The quantitative estimate of drug-likeness (QED) is 0.913. The molecule has 2 heterocycles. The van der Waals surface area contributed by atoms with Crippen molar-refractivity contribution in [3.63, 3.8) is 0 Å². The van der Waals surface area contributed by atoms with E-state index in [1.165, 1.54) is 43.6 Å². The van der Waals surface area contributed by atoms with Gasteiger partial charge in [0.25, 0.3) is 0 Å². The van der Waals surface area contributed by atoms with Crippen LogP contribution in [0.1, 0.15) is 37.7 Å². The van der Waals surface area contributed by atoms with E-state index < -0.39 is 0 Å². The fourth-order valence-corrected chi connectivity index (χ4v) is 3.14. The van der Waals surface area contributed by atoms with Gasteiger partial charge in [-0.05, 0) is 49.8 Å². The van der Waals surface area contributed by atoms with Crippen molar-refractivity contribution in [2.45, 2.75) is 44.7 Å². The molecular weight excluding hydrogens is 248 g/mol. The zero-order valence-electron chi connectivity index (χ0n) is 12.3. The van der Waals surface area contributed by atoms with Gasteiger partial charge in [0.15, 0.2) is 0 Å². The zero-order chi connectivity index (χ0) is 13.6. The van der Waals surface area contributed by atoms with E-state index in [9.17, 15) is 0 Å². The molecule has 0 bridgehead atoms. The van der Waals surface area contributed by atoms with Crippen molar-refractivity contribution >= 4 is 5.69 Å². The number of hydrogen-bond donors (Lipinski definition) is 1. The van der Waals surface area contributed by atoms with E-state index in [4.69, 9.17) is 4.74 Å². The first-order valence-electron chi connectivity index (χ1n) is 8.07. The average molecular weight is 274 g/mol. The van der Waals surface area contributed by atoms with Gasteiger partial charge >= 0.3 is 0 Å². The SMILES string of the molecule is c1cc(N2CCCCC2)ccc1CNC1CCOCC1. The highest BCUT2D eigenvalue weighted by Crippen LogP contribution is 2.20. The smallest absolute Gasteiger partial charge is 0.0480 e. The molecule has 110 valence electrons. The molecule has 2 saturated heterocycles. The van der Waals surface area contributed by atoms with Crippen LogP contribution in [0, 0.1) is 0 Å². The lowest BCUT2D eigenvalue weighted by atomic mass is 10.1. The van der Waals surface area contributed by atoms with Crippen LogP contribution in [0.25, 0.3) is 0 Å².